The molecule has 0 radical (unpaired) electrons. The average molecular weight is 300 g/mol. The number of benzene rings is 1. The second-order valence-electron chi connectivity index (χ2n) is 4.55. The number of rotatable bonds is 3. The molecule has 1 aromatic carbocycles. The third-order valence-electron chi connectivity index (χ3n) is 3.37. The molecule has 1 aromatic rings. The summed E-state index contributed by atoms with van der Waals surface area (Å²) in [5.41, 5.74) is -0.421. The maximum Gasteiger partial charge on any atom is 0.289 e. The van der Waals surface area contributed by atoms with Crippen LogP contribution in [0, 0.1) is 10.1 Å². The molecule has 3 rings (SSSR count). The number of hydrogen-bond donors (Lipinski definition) is 0. The van der Waals surface area contributed by atoms with Crippen molar-refractivity contribution in [3.63, 3.8) is 0 Å². The lowest BCUT2D eigenvalue weighted by Gasteiger charge is -2.09. The minimum absolute atomic E-state index is 0.145. The van der Waals surface area contributed by atoms with Crippen LogP contribution in [-0.2, 0) is 19.5 Å². The van der Waals surface area contributed by atoms with Crippen LogP contribution in [0.5, 0.6) is 0 Å². The fourth-order valence-electron chi connectivity index (χ4n) is 2.37. The van der Waals surface area contributed by atoms with Gasteiger partial charge in [-0.25, -0.2) is 8.42 Å². The van der Waals surface area contributed by atoms with Crippen molar-refractivity contribution in [2.24, 2.45) is 0 Å². The SMILES string of the molecule is O=[N+]([O-])c1ccccc1S(=O)(=O)N1[C@@H]2COCOC[C@@H]21. The predicted octanol–water partition coefficient (Wildman–Crippen LogP) is 0.341. The zero-order chi connectivity index (χ0) is 14.3. The van der Waals surface area contributed by atoms with Crippen molar-refractivity contribution in [1.82, 2.24) is 4.31 Å². The lowest BCUT2D eigenvalue weighted by molar-refractivity contribution is -0.387. The Morgan fingerprint density at radius 3 is 2.40 bits per heavy atom. The molecule has 2 aliphatic heterocycles. The summed E-state index contributed by atoms with van der Waals surface area (Å²) in [5.74, 6) is 0. The Morgan fingerprint density at radius 2 is 1.80 bits per heavy atom. The summed E-state index contributed by atoms with van der Waals surface area (Å²) in [7, 11) is -3.91. The van der Waals surface area contributed by atoms with Gasteiger partial charge < -0.3 is 9.47 Å². The van der Waals surface area contributed by atoms with Crippen LogP contribution >= 0.6 is 0 Å². The highest BCUT2D eigenvalue weighted by molar-refractivity contribution is 7.89. The van der Waals surface area contributed by atoms with Gasteiger partial charge in [-0.05, 0) is 6.07 Å². The normalized spacial score (nSPS) is 29.3. The fourth-order valence-corrected chi connectivity index (χ4v) is 4.32. The van der Waals surface area contributed by atoms with Crippen molar-refractivity contribution in [2.75, 3.05) is 20.0 Å². The Kier molecular flexibility index (Phi) is 3.21. The van der Waals surface area contributed by atoms with Gasteiger partial charge in [-0.15, -0.1) is 0 Å². The molecule has 2 aliphatic rings. The number of fused-ring (bicyclic) bond motifs is 1. The van der Waals surface area contributed by atoms with Crippen molar-refractivity contribution in [3.05, 3.63) is 34.4 Å². The quantitative estimate of drug-likeness (QED) is 0.453. The zero-order valence-corrected chi connectivity index (χ0v) is 11.2. The number of nitro benzene ring substituents is 1. The molecule has 8 nitrogen and oxygen atoms in total. The number of nitro groups is 1. The highest BCUT2D eigenvalue weighted by Gasteiger charge is 2.57. The van der Waals surface area contributed by atoms with Gasteiger partial charge in [-0.3, -0.25) is 10.1 Å². The minimum Gasteiger partial charge on any atom is -0.354 e. The van der Waals surface area contributed by atoms with Gasteiger partial charge in [0.05, 0.1) is 30.2 Å². The molecule has 0 aliphatic carbocycles. The largest absolute Gasteiger partial charge is 0.354 e. The van der Waals surface area contributed by atoms with E-state index in [1.54, 1.807) is 0 Å². The van der Waals surface area contributed by atoms with E-state index in [4.69, 9.17) is 9.47 Å². The summed E-state index contributed by atoms with van der Waals surface area (Å²) >= 11 is 0. The average Bonchev–Trinajstić information content (AvgIpc) is 3.13. The fraction of sp³-hybridized carbons (Fsp3) is 0.455. The summed E-state index contributed by atoms with van der Waals surface area (Å²) in [5, 5.41) is 11.0. The number of ether oxygens (including phenoxy) is 2. The lowest BCUT2D eigenvalue weighted by Crippen LogP contribution is -2.21. The highest BCUT2D eigenvalue weighted by atomic mass is 32.2. The van der Waals surface area contributed by atoms with Crippen LogP contribution in [0.25, 0.3) is 0 Å². The Balaban J connectivity index is 1.96. The second-order valence-corrected chi connectivity index (χ2v) is 6.37. The smallest absolute Gasteiger partial charge is 0.289 e. The van der Waals surface area contributed by atoms with Crippen LogP contribution in [0.4, 0.5) is 5.69 Å². The number of hydrogen-bond acceptors (Lipinski definition) is 6. The van der Waals surface area contributed by atoms with E-state index in [1.807, 2.05) is 0 Å². The first kappa shape index (κ1) is 13.4. The summed E-state index contributed by atoms with van der Waals surface area (Å²) in [6, 6.07) is 4.72. The Hall–Kier alpha value is -1.55. The third-order valence-corrected chi connectivity index (χ3v) is 5.37. The van der Waals surface area contributed by atoms with Crippen molar-refractivity contribution in [2.45, 2.75) is 17.0 Å². The predicted molar refractivity (Wildman–Crippen MR) is 66.5 cm³/mol. The van der Waals surface area contributed by atoms with Gasteiger partial charge >= 0.3 is 0 Å². The second kappa shape index (κ2) is 4.77. The maximum atomic E-state index is 12.5. The molecule has 9 heteroatoms. The molecule has 0 amide bonds. The Labute approximate surface area is 115 Å². The molecule has 2 fully saturated rings. The van der Waals surface area contributed by atoms with Crippen molar-refractivity contribution < 1.29 is 22.8 Å². The highest BCUT2D eigenvalue weighted by Crippen LogP contribution is 2.39. The van der Waals surface area contributed by atoms with Crippen molar-refractivity contribution in [3.8, 4) is 0 Å². The molecule has 3 atom stereocenters. The van der Waals surface area contributed by atoms with E-state index in [0.29, 0.717) is 0 Å². The van der Waals surface area contributed by atoms with Gasteiger partial charge in [0.25, 0.3) is 15.7 Å². The first-order valence-corrected chi connectivity index (χ1v) is 7.40. The van der Waals surface area contributed by atoms with Crippen LogP contribution in [0.2, 0.25) is 0 Å². The molecule has 0 aromatic heterocycles. The maximum absolute atomic E-state index is 12.5. The molecule has 20 heavy (non-hydrogen) atoms. The van der Waals surface area contributed by atoms with Gasteiger partial charge in [0.1, 0.15) is 6.79 Å². The van der Waals surface area contributed by atoms with E-state index in [-0.39, 0.29) is 37.0 Å². The molecule has 0 saturated carbocycles. The molecule has 2 heterocycles. The molecule has 2 saturated heterocycles. The molecular weight excluding hydrogens is 288 g/mol. The topological polar surface area (TPSA) is 98.8 Å². The minimum atomic E-state index is -3.91. The van der Waals surface area contributed by atoms with Crippen molar-refractivity contribution >= 4 is 15.7 Å². The first-order chi connectivity index (χ1) is 9.53. The number of nitrogens with zero attached hydrogens (tertiary/aromatic N) is 2. The summed E-state index contributed by atoms with van der Waals surface area (Å²) < 4.78 is 36.5. The standard InChI is InChI=1S/C11H12N2O6S/c14-13(15)8-3-1-2-4-11(8)20(16,17)12-9-5-18-7-19-6-10(9)12/h1-4,9-10H,5-7H2/t9-,10+,12?. The third kappa shape index (κ3) is 2.08. The van der Waals surface area contributed by atoms with Gasteiger partial charge in [0, 0.05) is 6.07 Å². The van der Waals surface area contributed by atoms with E-state index in [0.717, 1.165) is 0 Å². The van der Waals surface area contributed by atoms with E-state index < -0.39 is 20.6 Å². The summed E-state index contributed by atoms with van der Waals surface area (Å²) in [6.45, 7) is 0.626. The molecular formula is C11H12N2O6S. The Morgan fingerprint density at radius 1 is 1.20 bits per heavy atom. The van der Waals surface area contributed by atoms with Crippen LogP contribution < -0.4 is 0 Å². The molecule has 0 N–H and O–H groups in total. The van der Waals surface area contributed by atoms with Crippen LogP contribution in [-0.4, -0.2) is 49.7 Å². The monoisotopic (exact) mass is 300 g/mol. The first-order valence-electron chi connectivity index (χ1n) is 5.96. The number of para-hydroxylation sites is 1. The van der Waals surface area contributed by atoms with Crippen molar-refractivity contribution in [1.29, 1.82) is 0 Å². The summed E-state index contributed by atoms with van der Waals surface area (Å²) in [4.78, 5) is 9.97. The Bertz CT molecular complexity index is 634. The summed E-state index contributed by atoms with van der Waals surface area (Å²) in [6.07, 6.45) is 0. The number of sulfonamides is 1. The van der Waals surface area contributed by atoms with E-state index in [2.05, 4.69) is 0 Å². The zero-order valence-electron chi connectivity index (χ0n) is 10.3. The molecule has 0 bridgehead atoms. The van der Waals surface area contributed by atoms with E-state index >= 15 is 0 Å². The van der Waals surface area contributed by atoms with E-state index in [1.165, 1.54) is 28.6 Å². The van der Waals surface area contributed by atoms with Crippen LogP contribution in [0.1, 0.15) is 0 Å². The van der Waals surface area contributed by atoms with Crippen LogP contribution in [0.15, 0.2) is 29.2 Å². The van der Waals surface area contributed by atoms with Gasteiger partial charge in [0.2, 0.25) is 0 Å². The molecule has 108 valence electrons. The van der Waals surface area contributed by atoms with Gasteiger partial charge in [-0.2, -0.15) is 4.31 Å². The molecule has 0 spiro atoms. The van der Waals surface area contributed by atoms with E-state index in [9.17, 15) is 18.5 Å². The lowest BCUT2D eigenvalue weighted by atomic mass is 10.3. The molecule has 1 unspecified atom stereocenters. The van der Waals surface area contributed by atoms with Gasteiger partial charge in [-0.1, -0.05) is 12.1 Å². The van der Waals surface area contributed by atoms with Gasteiger partial charge in [0.15, 0.2) is 4.90 Å². The van der Waals surface area contributed by atoms with Crippen LogP contribution in [0.3, 0.4) is 0 Å².